The molecule has 0 radical (unpaired) electrons. The van der Waals surface area contributed by atoms with Crippen LogP contribution in [0.5, 0.6) is 0 Å². The monoisotopic (exact) mass is 259 g/mol. The highest BCUT2D eigenvalue weighted by Gasteiger charge is 2.12. The number of rotatable bonds is 5. The van der Waals surface area contributed by atoms with E-state index in [-0.39, 0.29) is 0 Å². The lowest BCUT2D eigenvalue weighted by Crippen LogP contribution is -1.89. The SMILES string of the molecule is CCSCc1noc(-c2ccccc2CC#N)n1. The van der Waals surface area contributed by atoms with Gasteiger partial charge in [-0.05, 0) is 17.4 Å². The van der Waals surface area contributed by atoms with Crippen molar-refractivity contribution >= 4 is 11.8 Å². The molecule has 0 aliphatic rings. The second-order valence-corrected chi connectivity index (χ2v) is 4.92. The number of benzene rings is 1. The summed E-state index contributed by atoms with van der Waals surface area (Å²) in [7, 11) is 0. The quantitative estimate of drug-likeness (QED) is 0.825. The Morgan fingerprint density at radius 1 is 1.39 bits per heavy atom. The fourth-order valence-electron chi connectivity index (χ4n) is 1.58. The van der Waals surface area contributed by atoms with E-state index in [4.69, 9.17) is 9.78 Å². The van der Waals surface area contributed by atoms with Crippen molar-refractivity contribution in [3.63, 3.8) is 0 Å². The van der Waals surface area contributed by atoms with Crippen LogP contribution in [0.25, 0.3) is 11.5 Å². The third kappa shape index (κ3) is 2.90. The van der Waals surface area contributed by atoms with E-state index in [1.807, 2.05) is 24.3 Å². The van der Waals surface area contributed by atoms with Crippen molar-refractivity contribution < 1.29 is 4.52 Å². The molecule has 0 atom stereocenters. The molecule has 0 aliphatic heterocycles. The summed E-state index contributed by atoms with van der Waals surface area (Å²) in [6.07, 6.45) is 0.345. The molecular formula is C13H13N3OS. The first-order valence-electron chi connectivity index (χ1n) is 5.70. The van der Waals surface area contributed by atoms with Crippen molar-refractivity contribution in [2.45, 2.75) is 19.1 Å². The predicted octanol–water partition coefficient (Wildman–Crippen LogP) is 3.06. The molecule has 1 aromatic heterocycles. The van der Waals surface area contributed by atoms with Gasteiger partial charge in [-0.3, -0.25) is 0 Å². The van der Waals surface area contributed by atoms with E-state index in [0.29, 0.717) is 18.1 Å². The first-order chi connectivity index (χ1) is 8.85. The lowest BCUT2D eigenvalue weighted by molar-refractivity contribution is 0.425. The van der Waals surface area contributed by atoms with Gasteiger partial charge in [0.25, 0.3) is 5.89 Å². The highest BCUT2D eigenvalue weighted by Crippen LogP contribution is 2.23. The molecule has 0 bridgehead atoms. The molecule has 0 aliphatic carbocycles. The molecule has 0 unspecified atom stereocenters. The molecule has 1 heterocycles. The van der Waals surface area contributed by atoms with E-state index in [2.05, 4.69) is 23.1 Å². The Labute approximate surface area is 110 Å². The molecule has 18 heavy (non-hydrogen) atoms. The summed E-state index contributed by atoms with van der Waals surface area (Å²) in [4.78, 5) is 4.35. The Balaban J connectivity index is 2.26. The second-order valence-electron chi connectivity index (χ2n) is 3.64. The molecule has 1 aromatic carbocycles. The molecule has 5 heteroatoms. The van der Waals surface area contributed by atoms with Crippen LogP contribution in [-0.2, 0) is 12.2 Å². The Hall–Kier alpha value is -1.80. The molecule has 2 aromatic rings. The van der Waals surface area contributed by atoms with Crippen molar-refractivity contribution in [3.8, 4) is 17.5 Å². The molecule has 0 fully saturated rings. The van der Waals surface area contributed by atoms with Gasteiger partial charge in [0.1, 0.15) is 0 Å². The van der Waals surface area contributed by atoms with Crippen LogP contribution in [0.2, 0.25) is 0 Å². The van der Waals surface area contributed by atoms with Crippen LogP contribution in [0.15, 0.2) is 28.8 Å². The van der Waals surface area contributed by atoms with E-state index in [1.165, 1.54) is 0 Å². The van der Waals surface area contributed by atoms with Crippen molar-refractivity contribution in [2.24, 2.45) is 0 Å². The van der Waals surface area contributed by atoms with E-state index in [9.17, 15) is 0 Å². The van der Waals surface area contributed by atoms with Gasteiger partial charge in [-0.25, -0.2) is 0 Å². The second kappa shape index (κ2) is 6.22. The van der Waals surface area contributed by atoms with Gasteiger partial charge >= 0.3 is 0 Å². The summed E-state index contributed by atoms with van der Waals surface area (Å²) >= 11 is 1.75. The molecule has 0 spiro atoms. The number of aromatic nitrogens is 2. The van der Waals surface area contributed by atoms with Crippen LogP contribution in [0.1, 0.15) is 18.3 Å². The first-order valence-corrected chi connectivity index (χ1v) is 6.86. The molecular weight excluding hydrogens is 246 g/mol. The lowest BCUT2D eigenvalue weighted by atomic mass is 10.1. The number of thioether (sulfide) groups is 1. The topological polar surface area (TPSA) is 62.7 Å². The molecule has 0 saturated heterocycles. The van der Waals surface area contributed by atoms with Crippen LogP contribution in [0, 0.1) is 11.3 Å². The van der Waals surface area contributed by atoms with E-state index >= 15 is 0 Å². The van der Waals surface area contributed by atoms with Gasteiger partial charge in [-0.15, -0.1) is 0 Å². The van der Waals surface area contributed by atoms with Crippen LogP contribution < -0.4 is 0 Å². The van der Waals surface area contributed by atoms with E-state index in [0.717, 1.165) is 22.6 Å². The number of nitrogens with zero attached hydrogens (tertiary/aromatic N) is 3. The highest BCUT2D eigenvalue weighted by atomic mass is 32.2. The Morgan fingerprint density at radius 3 is 3.00 bits per heavy atom. The summed E-state index contributed by atoms with van der Waals surface area (Å²) in [6.45, 7) is 2.09. The smallest absolute Gasteiger partial charge is 0.258 e. The minimum atomic E-state index is 0.345. The van der Waals surface area contributed by atoms with E-state index < -0.39 is 0 Å². The normalized spacial score (nSPS) is 10.2. The lowest BCUT2D eigenvalue weighted by Gasteiger charge is -2.00. The molecule has 2 rings (SSSR count). The first kappa shape index (κ1) is 12.7. The van der Waals surface area contributed by atoms with Crippen molar-refractivity contribution in [1.29, 1.82) is 5.26 Å². The Morgan fingerprint density at radius 2 is 2.22 bits per heavy atom. The number of hydrogen-bond acceptors (Lipinski definition) is 5. The van der Waals surface area contributed by atoms with Gasteiger partial charge < -0.3 is 4.52 Å². The Bertz CT molecular complexity index is 559. The van der Waals surface area contributed by atoms with Crippen molar-refractivity contribution in [1.82, 2.24) is 10.1 Å². The van der Waals surface area contributed by atoms with Gasteiger partial charge in [0.15, 0.2) is 5.82 Å². The number of hydrogen-bond donors (Lipinski definition) is 0. The maximum absolute atomic E-state index is 8.79. The van der Waals surface area contributed by atoms with Gasteiger partial charge in [0.05, 0.1) is 18.2 Å². The van der Waals surface area contributed by atoms with E-state index in [1.54, 1.807) is 11.8 Å². The molecule has 4 nitrogen and oxygen atoms in total. The van der Waals surface area contributed by atoms with Gasteiger partial charge in [-0.2, -0.15) is 22.0 Å². The maximum Gasteiger partial charge on any atom is 0.258 e. The van der Waals surface area contributed by atoms with Crippen molar-refractivity contribution in [2.75, 3.05) is 5.75 Å². The minimum Gasteiger partial charge on any atom is -0.334 e. The predicted molar refractivity (Wildman–Crippen MR) is 70.9 cm³/mol. The van der Waals surface area contributed by atoms with Crippen LogP contribution >= 0.6 is 11.8 Å². The van der Waals surface area contributed by atoms with Crippen LogP contribution in [0.3, 0.4) is 0 Å². The fourth-order valence-corrected chi connectivity index (χ4v) is 2.09. The zero-order valence-corrected chi connectivity index (χ0v) is 10.9. The number of nitriles is 1. The highest BCUT2D eigenvalue weighted by molar-refractivity contribution is 7.98. The Kier molecular flexibility index (Phi) is 4.37. The maximum atomic E-state index is 8.79. The minimum absolute atomic E-state index is 0.345. The van der Waals surface area contributed by atoms with Crippen molar-refractivity contribution in [3.05, 3.63) is 35.7 Å². The van der Waals surface area contributed by atoms with Crippen LogP contribution in [-0.4, -0.2) is 15.9 Å². The average Bonchev–Trinajstić information content (AvgIpc) is 2.86. The molecule has 0 saturated carbocycles. The zero-order chi connectivity index (χ0) is 12.8. The summed E-state index contributed by atoms with van der Waals surface area (Å²) in [5.41, 5.74) is 1.76. The molecule has 92 valence electrons. The zero-order valence-electron chi connectivity index (χ0n) is 10.1. The van der Waals surface area contributed by atoms with Gasteiger partial charge in [0, 0.05) is 5.56 Å². The summed E-state index contributed by atoms with van der Waals surface area (Å²) in [5.74, 6) is 2.96. The standard InChI is InChI=1S/C13H13N3OS/c1-2-18-9-12-15-13(17-16-12)11-6-4-3-5-10(11)7-8-14/h3-6H,2,7,9H2,1H3. The van der Waals surface area contributed by atoms with Gasteiger partial charge in [0.2, 0.25) is 0 Å². The largest absolute Gasteiger partial charge is 0.334 e. The average molecular weight is 259 g/mol. The third-order valence-electron chi connectivity index (χ3n) is 2.42. The summed E-state index contributed by atoms with van der Waals surface area (Å²) < 4.78 is 5.25. The summed E-state index contributed by atoms with van der Waals surface area (Å²) in [6, 6.07) is 9.75. The summed E-state index contributed by atoms with van der Waals surface area (Å²) in [5, 5.41) is 12.7. The third-order valence-corrected chi connectivity index (χ3v) is 3.29. The van der Waals surface area contributed by atoms with Gasteiger partial charge in [-0.1, -0.05) is 30.3 Å². The van der Waals surface area contributed by atoms with Crippen LogP contribution in [0.4, 0.5) is 0 Å². The molecule has 0 amide bonds. The molecule has 0 N–H and O–H groups in total. The fraction of sp³-hybridized carbons (Fsp3) is 0.308.